The smallest absolute Gasteiger partial charge is 0.258 e. The summed E-state index contributed by atoms with van der Waals surface area (Å²) >= 11 is 0. The summed E-state index contributed by atoms with van der Waals surface area (Å²) in [6.45, 7) is 8.45. The van der Waals surface area contributed by atoms with Crippen LogP contribution in [-0.4, -0.2) is 52.1 Å². The molecule has 34 heavy (non-hydrogen) atoms. The molecule has 1 aliphatic rings. The summed E-state index contributed by atoms with van der Waals surface area (Å²) in [5.74, 6) is -0.888. The predicted octanol–water partition coefficient (Wildman–Crippen LogP) is 4.59. The van der Waals surface area contributed by atoms with Crippen molar-refractivity contribution in [2.45, 2.75) is 32.7 Å². The van der Waals surface area contributed by atoms with Crippen LogP contribution >= 0.6 is 0 Å². The van der Waals surface area contributed by atoms with Crippen LogP contribution in [0.1, 0.15) is 54.6 Å². The van der Waals surface area contributed by atoms with Crippen LogP contribution in [0.5, 0.6) is 0 Å². The molecular formula is C25H27F2N5O2. The third-order valence-electron chi connectivity index (χ3n) is 5.88. The number of hydrogen-bond acceptors (Lipinski definition) is 6. The van der Waals surface area contributed by atoms with Gasteiger partial charge in [0.1, 0.15) is 17.5 Å². The molecule has 2 aromatic heterocycles. The monoisotopic (exact) mass is 467 g/mol. The SMILES string of the molecule is CC(C)c1ncc(C(=O)Nc2c(-c3cc(F)ccc3F)ccnc2C(C)N2CCOCC2)cn1. The summed E-state index contributed by atoms with van der Waals surface area (Å²) in [5.41, 5.74) is 1.51. The first-order valence-corrected chi connectivity index (χ1v) is 11.2. The van der Waals surface area contributed by atoms with Crippen molar-refractivity contribution in [1.29, 1.82) is 0 Å². The molecule has 4 rings (SSSR count). The van der Waals surface area contributed by atoms with E-state index < -0.39 is 17.5 Å². The van der Waals surface area contributed by atoms with Crippen LogP contribution in [0.4, 0.5) is 14.5 Å². The molecule has 0 spiro atoms. The molecule has 0 aliphatic carbocycles. The molecule has 0 saturated carbocycles. The Morgan fingerprint density at radius 2 is 1.74 bits per heavy atom. The molecular weight excluding hydrogens is 440 g/mol. The molecule has 0 radical (unpaired) electrons. The largest absolute Gasteiger partial charge is 0.379 e. The lowest BCUT2D eigenvalue weighted by atomic mass is 9.99. The van der Waals surface area contributed by atoms with Crippen molar-refractivity contribution in [2.75, 3.05) is 31.6 Å². The molecule has 1 aromatic carbocycles. The molecule has 1 atom stereocenters. The highest BCUT2D eigenvalue weighted by molar-refractivity contribution is 6.06. The first-order valence-electron chi connectivity index (χ1n) is 11.2. The zero-order valence-corrected chi connectivity index (χ0v) is 19.4. The van der Waals surface area contributed by atoms with Crippen molar-refractivity contribution >= 4 is 11.6 Å². The standard InChI is InChI=1S/C25H27F2N5O2/c1-15(2)24-29-13-17(14-30-24)25(33)31-23-19(20-12-18(26)4-5-21(20)27)6-7-28-22(23)16(3)32-8-10-34-11-9-32/h4-7,12-16H,8-11H2,1-3H3,(H,31,33). The van der Waals surface area contributed by atoms with Crippen molar-refractivity contribution in [3.8, 4) is 11.1 Å². The summed E-state index contributed by atoms with van der Waals surface area (Å²) < 4.78 is 34.2. The van der Waals surface area contributed by atoms with E-state index in [0.29, 0.717) is 49.1 Å². The quantitative estimate of drug-likeness (QED) is 0.571. The minimum Gasteiger partial charge on any atom is -0.379 e. The second-order valence-corrected chi connectivity index (χ2v) is 8.51. The molecule has 1 saturated heterocycles. The minimum atomic E-state index is -0.599. The maximum absolute atomic E-state index is 14.8. The lowest BCUT2D eigenvalue weighted by molar-refractivity contribution is 0.0192. The summed E-state index contributed by atoms with van der Waals surface area (Å²) in [7, 11) is 0. The zero-order chi connectivity index (χ0) is 24.2. The van der Waals surface area contributed by atoms with E-state index in [2.05, 4.69) is 25.2 Å². The number of nitrogens with zero attached hydrogens (tertiary/aromatic N) is 4. The number of ether oxygens (including phenoxy) is 1. The van der Waals surface area contributed by atoms with Gasteiger partial charge in [0.15, 0.2) is 0 Å². The number of hydrogen-bond donors (Lipinski definition) is 1. The lowest BCUT2D eigenvalue weighted by Gasteiger charge is -2.33. The fraction of sp³-hybridized carbons (Fsp3) is 0.360. The second-order valence-electron chi connectivity index (χ2n) is 8.51. The normalized spacial score (nSPS) is 15.4. The van der Waals surface area contributed by atoms with Crippen LogP contribution in [0.3, 0.4) is 0 Å². The number of pyridine rings is 1. The van der Waals surface area contributed by atoms with Gasteiger partial charge in [-0.05, 0) is 31.2 Å². The Bertz CT molecular complexity index is 1160. The van der Waals surface area contributed by atoms with Gasteiger partial charge in [-0.3, -0.25) is 14.7 Å². The van der Waals surface area contributed by atoms with Gasteiger partial charge < -0.3 is 10.1 Å². The first-order chi connectivity index (χ1) is 16.3. The Morgan fingerprint density at radius 3 is 2.41 bits per heavy atom. The van der Waals surface area contributed by atoms with Crippen LogP contribution in [0.2, 0.25) is 0 Å². The molecule has 7 nitrogen and oxygen atoms in total. The highest BCUT2D eigenvalue weighted by Gasteiger charge is 2.26. The van der Waals surface area contributed by atoms with Gasteiger partial charge in [-0.2, -0.15) is 0 Å². The highest BCUT2D eigenvalue weighted by Crippen LogP contribution is 2.36. The molecule has 0 bridgehead atoms. The Labute approximate surface area is 197 Å². The fourth-order valence-electron chi connectivity index (χ4n) is 3.93. The van der Waals surface area contributed by atoms with E-state index in [0.717, 1.165) is 18.2 Å². The van der Waals surface area contributed by atoms with Crippen LogP contribution in [0, 0.1) is 11.6 Å². The van der Waals surface area contributed by atoms with Crippen molar-refractivity contribution in [3.63, 3.8) is 0 Å². The lowest BCUT2D eigenvalue weighted by Crippen LogP contribution is -2.38. The number of aromatic nitrogens is 3. The van der Waals surface area contributed by atoms with Crippen molar-refractivity contribution in [3.05, 3.63) is 71.6 Å². The number of carbonyl (C=O) groups is 1. The van der Waals surface area contributed by atoms with Gasteiger partial charge in [0.25, 0.3) is 5.91 Å². The average molecular weight is 468 g/mol. The Kier molecular flexibility index (Phi) is 7.23. The first kappa shape index (κ1) is 23.8. The maximum atomic E-state index is 14.8. The number of halogens is 2. The van der Waals surface area contributed by atoms with Crippen molar-refractivity contribution in [1.82, 2.24) is 19.9 Å². The molecule has 1 unspecified atom stereocenters. The molecule has 3 heterocycles. The van der Waals surface area contributed by atoms with Gasteiger partial charge in [-0.15, -0.1) is 0 Å². The topological polar surface area (TPSA) is 80.2 Å². The summed E-state index contributed by atoms with van der Waals surface area (Å²) in [5, 5.41) is 2.88. The summed E-state index contributed by atoms with van der Waals surface area (Å²) in [6.07, 6.45) is 4.46. The molecule has 3 aromatic rings. The van der Waals surface area contributed by atoms with E-state index in [1.807, 2.05) is 20.8 Å². The van der Waals surface area contributed by atoms with E-state index in [1.54, 1.807) is 12.3 Å². The molecule has 1 aliphatic heterocycles. The summed E-state index contributed by atoms with van der Waals surface area (Å²) in [6, 6.07) is 4.62. The average Bonchev–Trinajstić information content (AvgIpc) is 2.86. The van der Waals surface area contributed by atoms with Gasteiger partial charge in [0, 0.05) is 48.7 Å². The second kappa shape index (κ2) is 10.3. The molecule has 1 N–H and O–H groups in total. The molecule has 178 valence electrons. The van der Waals surface area contributed by atoms with Crippen LogP contribution in [0.25, 0.3) is 11.1 Å². The number of carbonyl (C=O) groups excluding carboxylic acids is 1. The fourth-order valence-corrected chi connectivity index (χ4v) is 3.93. The number of nitrogens with one attached hydrogen (secondary N) is 1. The van der Waals surface area contributed by atoms with Crippen molar-refractivity contribution in [2.24, 2.45) is 0 Å². The van der Waals surface area contributed by atoms with Crippen LogP contribution < -0.4 is 5.32 Å². The Balaban J connectivity index is 1.77. The van der Waals surface area contributed by atoms with Crippen molar-refractivity contribution < 1.29 is 18.3 Å². The number of benzene rings is 1. The van der Waals surface area contributed by atoms with E-state index in [-0.39, 0.29) is 23.1 Å². The van der Waals surface area contributed by atoms with Crippen LogP contribution in [-0.2, 0) is 4.74 Å². The number of anilines is 1. The molecule has 1 amide bonds. The number of rotatable bonds is 6. The number of morpholine rings is 1. The Morgan fingerprint density at radius 1 is 1.03 bits per heavy atom. The van der Waals surface area contributed by atoms with Gasteiger partial charge in [-0.25, -0.2) is 18.7 Å². The minimum absolute atomic E-state index is 0.0412. The third-order valence-corrected chi connectivity index (χ3v) is 5.88. The van der Waals surface area contributed by atoms with Gasteiger partial charge >= 0.3 is 0 Å². The van der Waals surface area contributed by atoms with Gasteiger partial charge in [0.05, 0.1) is 36.2 Å². The van der Waals surface area contributed by atoms with E-state index in [1.165, 1.54) is 12.4 Å². The molecule has 9 heteroatoms. The Hall–Kier alpha value is -3.30. The van der Waals surface area contributed by atoms with Crippen LogP contribution in [0.15, 0.2) is 42.9 Å². The van der Waals surface area contributed by atoms with E-state index in [4.69, 9.17) is 4.74 Å². The van der Waals surface area contributed by atoms with Gasteiger partial charge in [0.2, 0.25) is 0 Å². The van der Waals surface area contributed by atoms with Gasteiger partial charge in [-0.1, -0.05) is 13.8 Å². The van der Waals surface area contributed by atoms with E-state index >= 15 is 0 Å². The molecule has 1 fully saturated rings. The maximum Gasteiger partial charge on any atom is 0.258 e. The predicted molar refractivity (Wildman–Crippen MR) is 124 cm³/mol. The zero-order valence-electron chi connectivity index (χ0n) is 19.4. The van der Waals surface area contributed by atoms with E-state index in [9.17, 15) is 13.6 Å². The third kappa shape index (κ3) is 5.10. The summed E-state index contributed by atoms with van der Waals surface area (Å²) in [4.78, 5) is 28.4. The number of amides is 1. The highest BCUT2D eigenvalue weighted by atomic mass is 19.1.